The van der Waals surface area contributed by atoms with Crippen molar-refractivity contribution < 1.29 is 32.2 Å². The Bertz CT molecular complexity index is 941. The largest absolute Gasteiger partial charge is 0.573 e. The van der Waals surface area contributed by atoms with Gasteiger partial charge in [0.1, 0.15) is 12.0 Å². The van der Waals surface area contributed by atoms with E-state index in [1.165, 1.54) is 12.1 Å². The minimum absolute atomic E-state index is 0.0807. The molecule has 0 bridgehead atoms. The second-order valence-corrected chi connectivity index (χ2v) is 6.63. The summed E-state index contributed by atoms with van der Waals surface area (Å²) in [6.07, 6.45) is -3.88. The lowest BCUT2D eigenvalue weighted by atomic mass is 10.1. The fourth-order valence-electron chi connectivity index (χ4n) is 2.77. The van der Waals surface area contributed by atoms with Crippen molar-refractivity contribution in [1.29, 1.82) is 5.41 Å². The van der Waals surface area contributed by atoms with Crippen LogP contribution < -0.4 is 15.4 Å². The SMILES string of the molecule is N=C(/N=C(/NCCC1OCCO1)Nc1ccc(OC(F)(F)F)cc1)c1ccc(C=O)cc1. The van der Waals surface area contributed by atoms with E-state index in [-0.39, 0.29) is 23.8 Å². The van der Waals surface area contributed by atoms with Crippen LogP contribution in [0.5, 0.6) is 5.75 Å². The topological polar surface area (TPSA) is 105 Å². The highest BCUT2D eigenvalue weighted by molar-refractivity contribution is 6.08. The molecule has 3 rings (SSSR count). The zero-order chi connectivity index (χ0) is 23.0. The number of nitrogens with zero attached hydrogens (tertiary/aromatic N) is 1. The molecule has 8 nitrogen and oxygen atoms in total. The number of aldehydes is 1. The van der Waals surface area contributed by atoms with Crippen molar-refractivity contribution in [2.75, 3.05) is 25.1 Å². The van der Waals surface area contributed by atoms with Gasteiger partial charge in [0.15, 0.2) is 12.1 Å². The van der Waals surface area contributed by atoms with Crippen LogP contribution in [0.2, 0.25) is 0 Å². The Morgan fingerprint density at radius 3 is 2.38 bits per heavy atom. The van der Waals surface area contributed by atoms with Crippen LogP contribution in [0.4, 0.5) is 18.9 Å². The quantitative estimate of drug-likeness (QED) is 0.339. The van der Waals surface area contributed by atoms with Gasteiger partial charge in [-0.05, 0) is 24.3 Å². The molecule has 32 heavy (non-hydrogen) atoms. The van der Waals surface area contributed by atoms with E-state index in [2.05, 4.69) is 20.4 Å². The molecular weight excluding hydrogens is 429 g/mol. The van der Waals surface area contributed by atoms with Crippen molar-refractivity contribution >= 4 is 23.8 Å². The third-order valence-electron chi connectivity index (χ3n) is 4.26. The van der Waals surface area contributed by atoms with Gasteiger partial charge in [-0.2, -0.15) is 4.99 Å². The predicted octanol–water partition coefficient (Wildman–Crippen LogP) is 3.54. The second kappa shape index (κ2) is 10.7. The molecule has 0 radical (unpaired) electrons. The number of hydrogen-bond acceptors (Lipinski definition) is 5. The number of alkyl halides is 3. The molecule has 3 N–H and O–H groups in total. The summed E-state index contributed by atoms with van der Waals surface area (Å²) < 4.78 is 51.6. The molecule has 0 aliphatic carbocycles. The molecule has 0 spiro atoms. The first-order valence-electron chi connectivity index (χ1n) is 9.65. The minimum Gasteiger partial charge on any atom is -0.406 e. The maximum Gasteiger partial charge on any atom is 0.573 e. The predicted molar refractivity (Wildman–Crippen MR) is 111 cm³/mol. The van der Waals surface area contributed by atoms with E-state index in [0.717, 1.165) is 12.1 Å². The molecule has 1 heterocycles. The highest BCUT2D eigenvalue weighted by atomic mass is 19.4. The Morgan fingerprint density at radius 2 is 1.78 bits per heavy atom. The monoisotopic (exact) mass is 450 g/mol. The van der Waals surface area contributed by atoms with Gasteiger partial charge in [-0.15, -0.1) is 13.2 Å². The number of hydrogen-bond donors (Lipinski definition) is 3. The highest BCUT2D eigenvalue weighted by Gasteiger charge is 2.31. The standard InChI is InChI=1S/C21H21F3N4O4/c22-21(23,24)32-17-7-5-16(6-8-17)27-20(26-10-9-18-30-11-12-31-18)28-19(25)15-3-1-14(13-29)2-4-15/h1-8,13,18H,9-12H2,(H3,25,26,27,28). The van der Waals surface area contributed by atoms with E-state index in [0.29, 0.717) is 49.3 Å². The van der Waals surface area contributed by atoms with Crippen molar-refractivity contribution in [2.24, 2.45) is 4.99 Å². The van der Waals surface area contributed by atoms with Crippen LogP contribution in [0.1, 0.15) is 22.3 Å². The van der Waals surface area contributed by atoms with Gasteiger partial charge in [0.05, 0.1) is 13.2 Å². The van der Waals surface area contributed by atoms with E-state index in [1.807, 2.05) is 0 Å². The summed E-state index contributed by atoms with van der Waals surface area (Å²) in [5, 5.41) is 14.2. The van der Waals surface area contributed by atoms with Gasteiger partial charge in [0, 0.05) is 29.8 Å². The third-order valence-corrected chi connectivity index (χ3v) is 4.26. The molecule has 2 aromatic carbocycles. The van der Waals surface area contributed by atoms with Crippen LogP contribution in [0.3, 0.4) is 0 Å². The zero-order valence-corrected chi connectivity index (χ0v) is 16.8. The van der Waals surface area contributed by atoms with Crippen molar-refractivity contribution in [3.8, 4) is 5.75 Å². The molecule has 0 amide bonds. The molecule has 0 saturated carbocycles. The fraction of sp³-hybridized carbons (Fsp3) is 0.286. The summed E-state index contributed by atoms with van der Waals surface area (Å²) in [6, 6.07) is 11.4. The molecule has 1 aliphatic heterocycles. The zero-order valence-electron chi connectivity index (χ0n) is 16.8. The molecular formula is C21H21F3N4O4. The first-order chi connectivity index (χ1) is 15.3. The van der Waals surface area contributed by atoms with E-state index in [1.54, 1.807) is 24.3 Å². The summed E-state index contributed by atoms with van der Waals surface area (Å²) in [5.41, 5.74) is 1.39. The van der Waals surface area contributed by atoms with E-state index in [4.69, 9.17) is 14.9 Å². The average molecular weight is 450 g/mol. The first-order valence-corrected chi connectivity index (χ1v) is 9.65. The summed E-state index contributed by atoms with van der Waals surface area (Å²) in [7, 11) is 0. The number of aliphatic imine (C=N–C) groups is 1. The van der Waals surface area contributed by atoms with Gasteiger partial charge in [-0.1, -0.05) is 24.3 Å². The third kappa shape index (κ3) is 7.36. The highest BCUT2D eigenvalue weighted by Crippen LogP contribution is 2.24. The number of carbonyl (C=O) groups is 1. The van der Waals surface area contributed by atoms with Crippen molar-refractivity contribution in [3.63, 3.8) is 0 Å². The van der Waals surface area contributed by atoms with Crippen molar-refractivity contribution in [3.05, 3.63) is 59.7 Å². The normalized spacial score (nSPS) is 14.8. The Labute approximate surface area is 181 Å². The Kier molecular flexibility index (Phi) is 7.79. The lowest BCUT2D eigenvalue weighted by molar-refractivity contribution is -0.274. The molecule has 2 aromatic rings. The summed E-state index contributed by atoms with van der Waals surface area (Å²) in [5.74, 6) is -0.229. The number of rotatable bonds is 7. The Hall–Kier alpha value is -3.44. The lowest BCUT2D eigenvalue weighted by Crippen LogP contribution is -2.34. The second-order valence-electron chi connectivity index (χ2n) is 6.63. The van der Waals surface area contributed by atoms with E-state index in [9.17, 15) is 18.0 Å². The molecule has 11 heteroatoms. The van der Waals surface area contributed by atoms with Gasteiger partial charge in [-0.25, -0.2) is 0 Å². The summed E-state index contributed by atoms with van der Waals surface area (Å²) >= 11 is 0. The molecule has 1 saturated heterocycles. The van der Waals surface area contributed by atoms with Gasteiger partial charge in [0.2, 0.25) is 5.96 Å². The van der Waals surface area contributed by atoms with Crippen LogP contribution in [0.25, 0.3) is 0 Å². The Balaban J connectivity index is 1.70. The number of ether oxygens (including phenoxy) is 3. The number of carbonyl (C=O) groups excluding carboxylic acids is 1. The number of anilines is 1. The van der Waals surface area contributed by atoms with Crippen LogP contribution in [-0.2, 0) is 9.47 Å². The lowest BCUT2D eigenvalue weighted by Gasteiger charge is -2.15. The molecule has 0 atom stereocenters. The van der Waals surface area contributed by atoms with Gasteiger partial charge >= 0.3 is 6.36 Å². The summed E-state index contributed by atoms with van der Waals surface area (Å²) in [4.78, 5) is 15.0. The maximum absolute atomic E-state index is 12.3. The number of benzene rings is 2. The summed E-state index contributed by atoms with van der Waals surface area (Å²) in [6.45, 7) is 1.46. The fourth-order valence-corrected chi connectivity index (χ4v) is 2.77. The molecule has 0 aromatic heterocycles. The molecule has 0 unspecified atom stereocenters. The van der Waals surface area contributed by atoms with Gasteiger partial charge in [-0.3, -0.25) is 10.2 Å². The minimum atomic E-state index is -4.78. The smallest absolute Gasteiger partial charge is 0.406 e. The van der Waals surface area contributed by atoms with E-state index >= 15 is 0 Å². The molecule has 1 fully saturated rings. The number of nitrogens with one attached hydrogen (secondary N) is 3. The molecule has 1 aliphatic rings. The van der Waals surface area contributed by atoms with Gasteiger partial charge in [0.25, 0.3) is 0 Å². The number of amidine groups is 1. The van der Waals surface area contributed by atoms with Crippen LogP contribution in [0, 0.1) is 5.41 Å². The van der Waals surface area contributed by atoms with Crippen LogP contribution >= 0.6 is 0 Å². The van der Waals surface area contributed by atoms with E-state index < -0.39 is 6.36 Å². The number of halogens is 3. The Morgan fingerprint density at radius 1 is 1.12 bits per heavy atom. The van der Waals surface area contributed by atoms with Crippen LogP contribution in [-0.4, -0.2) is 50.5 Å². The first kappa shape index (κ1) is 23.2. The van der Waals surface area contributed by atoms with Crippen molar-refractivity contribution in [1.82, 2.24) is 5.32 Å². The number of guanidine groups is 1. The van der Waals surface area contributed by atoms with Gasteiger partial charge < -0.3 is 24.8 Å². The van der Waals surface area contributed by atoms with Crippen LogP contribution in [0.15, 0.2) is 53.5 Å². The average Bonchev–Trinajstić information content (AvgIpc) is 3.27. The molecule has 170 valence electrons. The van der Waals surface area contributed by atoms with Crippen molar-refractivity contribution in [2.45, 2.75) is 19.1 Å². The maximum atomic E-state index is 12.3.